The molecule has 122 valence electrons. The maximum atomic E-state index is 12.3. The van der Waals surface area contributed by atoms with Gasteiger partial charge in [0, 0.05) is 26.7 Å². The predicted octanol–water partition coefficient (Wildman–Crippen LogP) is 1.81. The number of likely N-dealkylation sites (tertiary alicyclic amines) is 1. The van der Waals surface area contributed by atoms with E-state index in [-0.39, 0.29) is 11.9 Å². The highest BCUT2D eigenvalue weighted by atomic mass is 16.5. The number of amides is 1. The summed E-state index contributed by atoms with van der Waals surface area (Å²) < 4.78 is 10.6. The van der Waals surface area contributed by atoms with E-state index in [9.17, 15) is 4.79 Å². The van der Waals surface area contributed by atoms with Crippen LogP contribution in [0.2, 0.25) is 0 Å². The monoisotopic (exact) mass is 306 g/mol. The first-order valence-electron chi connectivity index (χ1n) is 7.81. The van der Waals surface area contributed by atoms with Crippen LogP contribution in [-0.4, -0.2) is 50.3 Å². The second-order valence-electron chi connectivity index (χ2n) is 5.72. The smallest absolute Gasteiger partial charge is 0.237 e. The molecule has 2 rings (SSSR count). The number of hydrogen-bond acceptors (Lipinski definition) is 4. The third kappa shape index (κ3) is 4.45. The highest BCUT2D eigenvalue weighted by Crippen LogP contribution is 2.16. The van der Waals surface area contributed by atoms with Crippen LogP contribution in [0.1, 0.15) is 25.3 Å². The minimum atomic E-state index is -0.108. The van der Waals surface area contributed by atoms with Crippen LogP contribution in [0.4, 0.5) is 0 Å². The minimum Gasteiger partial charge on any atom is -0.497 e. The lowest BCUT2D eigenvalue weighted by Crippen LogP contribution is -2.49. The fraction of sp³-hybridized carbons (Fsp3) is 0.588. The first kappa shape index (κ1) is 16.8. The molecule has 5 heteroatoms. The number of methoxy groups -OCH3 is 2. The molecule has 0 saturated carbocycles. The van der Waals surface area contributed by atoms with Crippen LogP contribution in [-0.2, 0) is 16.1 Å². The molecule has 0 radical (unpaired) electrons. The summed E-state index contributed by atoms with van der Waals surface area (Å²) in [5.74, 6) is 0.875. The number of nitrogens with zero attached hydrogens (tertiary/aromatic N) is 1. The van der Waals surface area contributed by atoms with Crippen LogP contribution in [0.5, 0.6) is 5.75 Å². The third-order valence-corrected chi connectivity index (χ3v) is 4.34. The van der Waals surface area contributed by atoms with Crippen molar-refractivity contribution in [3.8, 4) is 5.75 Å². The highest BCUT2D eigenvalue weighted by molar-refractivity contribution is 5.81. The van der Waals surface area contributed by atoms with E-state index in [1.54, 1.807) is 14.2 Å². The van der Waals surface area contributed by atoms with Crippen LogP contribution < -0.4 is 10.1 Å². The second kappa shape index (κ2) is 8.15. The largest absolute Gasteiger partial charge is 0.497 e. The lowest BCUT2D eigenvalue weighted by atomic mass is 10.1. The first-order chi connectivity index (χ1) is 10.6. The average molecular weight is 306 g/mol. The van der Waals surface area contributed by atoms with Crippen molar-refractivity contribution in [2.45, 2.75) is 38.5 Å². The normalized spacial score (nSPS) is 18.0. The molecule has 1 atom stereocenters. The van der Waals surface area contributed by atoms with Gasteiger partial charge in [-0.1, -0.05) is 12.1 Å². The van der Waals surface area contributed by atoms with Gasteiger partial charge in [-0.2, -0.15) is 0 Å². The van der Waals surface area contributed by atoms with E-state index in [4.69, 9.17) is 9.47 Å². The van der Waals surface area contributed by atoms with Gasteiger partial charge in [-0.05, 0) is 37.5 Å². The molecule has 1 aliphatic heterocycles. The standard InChI is InChI=1S/C17H26N2O3/c1-13(19-9-7-15(21-2)8-10-19)17(20)18-12-14-5-4-6-16(11-14)22-3/h4-6,11,13,15H,7-10,12H2,1-3H3,(H,18,20). The van der Waals surface area contributed by atoms with Gasteiger partial charge in [0.15, 0.2) is 0 Å². The van der Waals surface area contributed by atoms with E-state index in [0.717, 1.165) is 37.2 Å². The fourth-order valence-electron chi connectivity index (χ4n) is 2.78. The summed E-state index contributed by atoms with van der Waals surface area (Å²) in [6.07, 6.45) is 2.32. The third-order valence-electron chi connectivity index (χ3n) is 4.34. The van der Waals surface area contributed by atoms with Crippen molar-refractivity contribution >= 4 is 5.91 Å². The van der Waals surface area contributed by atoms with Gasteiger partial charge in [0.1, 0.15) is 5.75 Å². The number of piperidine rings is 1. The second-order valence-corrected chi connectivity index (χ2v) is 5.72. The predicted molar refractivity (Wildman–Crippen MR) is 85.9 cm³/mol. The Labute approximate surface area is 132 Å². The number of nitrogens with one attached hydrogen (secondary N) is 1. The quantitative estimate of drug-likeness (QED) is 0.871. The zero-order valence-corrected chi connectivity index (χ0v) is 13.7. The summed E-state index contributed by atoms with van der Waals surface area (Å²) in [5, 5.41) is 3.01. The summed E-state index contributed by atoms with van der Waals surface area (Å²) in [6.45, 7) is 4.31. The minimum absolute atomic E-state index is 0.0682. The van der Waals surface area contributed by atoms with E-state index < -0.39 is 0 Å². The van der Waals surface area contributed by atoms with E-state index in [1.807, 2.05) is 31.2 Å². The molecule has 1 N–H and O–H groups in total. The number of carbonyl (C=O) groups excluding carboxylic acids is 1. The number of rotatable bonds is 6. The molecule has 0 aliphatic carbocycles. The van der Waals surface area contributed by atoms with Gasteiger partial charge in [0.2, 0.25) is 5.91 Å². The van der Waals surface area contributed by atoms with Crippen LogP contribution >= 0.6 is 0 Å². The van der Waals surface area contributed by atoms with Gasteiger partial charge < -0.3 is 14.8 Å². The molecule has 1 aromatic carbocycles. The Morgan fingerprint density at radius 1 is 1.36 bits per heavy atom. The molecule has 1 fully saturated rings. The van der Waals surface area contributed by atoms with Crippen LogP contribution in [0.25, 0.3) is 0 Å². The van der Waals surface area contributed by atoms with Crippen LogP contribution in [0.15, 0.2) is 24.3 Å². The zero-order valence-electron chi connectivity index (χ0n) is 13.7. The highest BCUT2D eigenvalue weighted by Gasteiger charge is 2.26. The summed E-state index contributed by atoms with van der Waals surface area (Å²) in [5.41, 5.74) is 1.04. The summed E-state index contributed by atoms with van der Waals surface area (Å²) >= 11 is 0. The summed E-state index contributed by atoms with van der Waals surface area (Å²) in [7, 11) is 3.40. The SMILES string of the molecule is COc1cccc(CNC(=O)C(C)N2CCC(OC)CC2)c1. The number of ether oxygens (including phenoxy) is 2. The molecule has 1 aliphatic rings. The van der Waals surface area contributed by atoms with Crippen LogP contribution in [0.3, 0.4) is 0 Å². The maximum absolute atomic E-state index is 12.3. The van der Waals surface area contributed by atoms with Gasteiger partial charge in [-0.15, -0.1) is 0 Å². The van der Waals surface area contributed by atoms with Gasteiger partial charge in [-0.3, -0.25) is 9.69 Å². The van der Waals surface area contributed by atoms with Crippen molar-refractivity contribution in [3.05, 3.63) is 29.8 Å². The molecular formula is C17H26N2O3. The Balaban J connectivity index is 1.81. The lowest BCUT2D eigenvalue weighted by Gasteiger charge is -2.34. The van der Waals surface area contributed by atoms with Gasteiger partial charge in [-0.25, -0.2) is 0 Å². The van der Waals surface area contributed by atoms with Crippen molar-refractivity contribution in [2.24, 2.45) is 0 Å². The molecule has 1 unspecified atom stereocenters. The Bertz CT molecular complexity index is 485. The zero-order chi connectivity index (χ0) is 15.9. The van der Waals surface area contributed by atoms with Crippen LogP contribution in [0, 0.1) is 0 Å². The molecule has 0 bridgehead atoms. The Kier molecular flexibility index (Phi) is 6.21. The van der Waals surface area contributed by atoms with Crippen molar-refractivity contribution in [1.29, 1.82) is 0 Å². The molecule has 1 heterocycles. The molecule has 5 nitrogen and oxygen atoms in total. The van der Waals surface area contributed by atoms with Gasteiger partial charge in [0.05, 0.1) is 19.3 Å². The number of benzene rings is 1. The van der Waals surface area contributed by atoms with Crippen molar-refractivity contribution in [3.63, 3.8) is 0 Å². The topological polar surface area (TPSA) is 50.8 Å². The molecule has 0 aromatic heterocycles. The number of hydrogen-bond donors (Lipinski definition) is 1. The molecule has 1 amide bonds. The molecule has 22 heavy (non-hydrogen) atoms. The summed E-state index contributed by atoms with van der Waals surface area (Å²) in [6, 6.07) is 7.64. The van der Waals surface area contributed by atoms with E-state index >= 15 is 0 Å². The van der Waals surface area contributed by atoms with E-state index in [0.29, 0.717) is 12.6 Å². The molecular weight excluding hydrogens is 280 g/mol. The van der Waals surface area contributed by atoms with Crippen molar-refractivity contribution in [2.75, 3.05) is 27.3 Å². The summed E-state index contributed by atoms with van der Waals surface area (Å²) in [4.78, 5) is 14.5. The number of carbonyl (C=O) groups is 1. The first-order valence-corrected chi connectivity index (χ1v) is 7.81. The van der Waals surface area contributed by atoms with E-state index in [1.165, 1.54) is 0 Å². The van der Waals surface area contributed by atoms with Crippen molar-refractivity contribution < 1.29 is 14.3 Å². The Morgan fingerprint density at radius 3 is 2.73 bits per heavy atom. The maximum Gasteiger partial charge on any atom is 0.237 e. The molecule has 1 saturated heterocycles. The average Bonchev–Trinajstić information content (AvgIpc) is 2.59. The van der Waals surface area contributed by atoms with Gasteiger partial charge >= 0.3 is 0 Å². The Hall–Kier alpha value is -1.59. The Morgan fingerprint density at radius 2 is 2.09 bits per heavy atom. The van der Waals surface area contributed by atoms with Crippen molar-refractivity contribution in [1.82, 2.24) is 10.2 Å². The molecule has 1 aromatic rings. The van der Waals surface area contributed by atoms with Gasteiger partial charge in [0.25, 0.3) is 0 Å². The molecule has 0 spiro atoms. The fourth-order valence-corrected chi connectivity index (χ4v) is 2.78. The lowest BCUT2D eigenvalue weighted by molar-refractivity contribution is -0.127. The van der Waals surface area contributed by atoms with E-state index in [2.05, 4.69) is 10.2 Å².